The second kappa shape index (κ2) is 8.10. The molecule has 1 heterocycles. The number of hydrogen-bond donors (Lipinski definition) is 2. The third kappa shape index (κ3) is 4.39. The monoisotopic (exact) mass is 381 g/mol. The van der Waals surface area contributed by atoms with Gasteiger partial charge in [0.25, 0.3) is 11.5 Å². The van der Waals surface area contributed by atoms with E-state index in [1.54, 1.807) is 4.90 Å². The molecule has 148 valence electrons. The van der Waals surface area contributed by atoms with Crippen LogP contribution in [0.3, 0.4) is 0 Å². The van der Waals surface area contributed by atoms with Crippen molar-refractivity contribution in [3.8, 4) is 0 Å². The van der Waals surface area contributed by atoms with Gasteiger partial charge in [-0.05, 0) is 36.4 Å². The van der Waals surface area contributed by atoms with Crippen molar-refractivity contribution in [2.45, 2.75) is 39.7 Å². The van der Waals surface area contributed by atoms with Gasteiger partial charge < -0.3 is 15.6 Å². The minimum atomic E-state index is -0.444. The van der Waals surface area contributed by atoms with Crippen LogP contribution in [0.5, 0.6) is 0 Å². The van der Waals surface area contributed by atoms with Gasteiger partial charge in [-0.25, -0.2) is 0 Å². The van der Waals surface area contributed by atoms with E-state index in [0.717, 1.165) is 5.56 Å². The standard InChI is InChI=1S/C22H27N3O3/c1-22(2)12-18-16(19(26)13-22)11-17(20(27)24-18)21(28)25(10-6-9-23)14-15-7-4-3-5-8-15/h3-5,7-8,11H,6,9-10,12-14,23H2,1-2H3,(H,24,27). The van der Waals surface area contributed by atoms with E-state index >= 15 is 0 Å². The highest BCUT2D eigenvalue weighted by Crippen LogP contribution is 2.33. The normalized spacial score (nSPS) is 15.2. The average molecular weight is 381 g/mol. The first-order chi connectivity index (χ1) is 13.3. The number of carbonyl (C=O) groups excluding carboxylic acids is 2. The fourth-order valence-corrected chi connectivity index (χ4v) is 3.70. The lowest BCUT2D eigenvalue weighted by molar-refractivity contribution is 0.0740. The Morgan fingerprint density at radius 3 is 2.57 bits per heavy atom. The molecule has 3 rings (SSSR count). The van der Waals surface area contributed by atoms with E-state index in [0.29, 0.717) is 50.2 Å². The van der Waals surface area contributed by atoms with Crippen LogP contribution in [0.2, 0.25) is 0 Å². The zero-order chi connectivity index (χ0) is 20.3. The largest absolute Gasteiger partial charge is 0.334 e. The number of nitrogens with one attached hydrogen (secondary N) is 1. The summed E-state index contributed by atoms with van der Waals surface area (Å²) in [7, 11) is 0. The van der Waals surface area contributed by atoms with Crippen LogP contribution in [0, 0.1) is 5.41 Å². The fourth-order valence-electron chi connectivity index (χ4n) is 3.70. The highest BCUT2D eigenvalue weighted by atomic mass is 16.2. The van der Waals surface area contributed by atoms with E-state index in [1.807, 2.05) is 44.2 Å². The quantitative estimate of drug-likeness (QED) is 0.804. The molecule has 1 amide bonds. The molecule has 0 saturated carbocycles. The minimum absolute atomic E-state index is 0.0137. The number of H-pyrrole nitrogens is 1. The lowest BCUT2D eigenvalue weighted by atomic mass is 9.75. The maximum absolute atomic E-state index is 13.1. The molecule has 6 nitrogen and oxygen atoms in total. The molecule has 1 aliphatic rings. The summed E-state index contributed by atoms with van der Waals surface area (Å²) in [5.41, 5.74) is 7.05. The molecule has 28 heavy (non-hydrogen) atoms. The van der Waals surface area contributed by atoms with Crippen molar-refractivity contribution in [2.24, 2.45) is 11.1 Å². The van der Waals surface area contributed by atoms with Crippen LogP contribution in [0.15, 0.2) is 41.2 Å². The first-order valence-corrected chi connectivity index (χ1v) is 9.63. The van der Waals surface area contributed by atoms with Gasteiger partial charge in [0.05, 0.1) is 0 Å². The lowest BCUT2D eigenvalue weighted by Gasteiger charge is -2.30. The molecule has 0 saturated heterocycles. The zero-order valence-electron chi connectivity index (χ0n) is 16.5. The topological polar surface area (TPSA) is 96.3 Å². The minimum Gasteiger partial charge on any atom is -0.334 e. The average Bonchev–Trinajstić information content (AvgIpc) is 2.64. The predicted molar refractivity (Wildman–Crippen MR) is 108 cm³/mol. The summed E-state index contributed by atoms with van der Waals surface area (Å²) in [4.78, 5) is 42.8. The van der Waals surface area contributed by atoms with Crippen LogP contribution in [0.25, 0.3) is 0 Å². The molecular formula is C22H27N3O3. The van der Waals surface area contributed by atoms with Gasteiger partial charge in [0.1, 0.15) is 5.56 Å². The third-order valence-corrected chi connectivity index (χ3v) is 5.08. The molecule has 3 N–H and O–H groups in total. The number of benzene rings is 1. The lowest BCUT2D eigenvalue weighted by Crippen LogP contribution is -2.38. The molecule has 0 unspecified atom stereocenters. The van der Waals surface area contributed by atoms with E-state index in [9.17, 15) is 14.4 Å². The van der Waals surface area contributed by atoms with Crippen LogP contribution < -0.4 is 11.3 Å². The van der Waals surface area contributed by atoms with E-state index < -0.39 is 5.56 Å². The second-order valence-corrected chi connectivity index (χ2v) is 8.20. The van der Waals surface area contributed by atoms with Gasteiger partial charge in [-0.15, -0.1) is 0 Å². The summed E-state index contributed by atoms with van der Waals surface area (Å²) in [6.45, 7) is 5.28. The van der Waals surface area contributed by atoms with Crippen molar-refractivity contribution >= 4 is 11.7 Å². The predicted octanol–water partition coefficient (Wildman–Crippen LogP) is 2.52. The number of fused-ring (bicyclic) bond motifs is 1. The molecule has 0 spiro atoms. The molecule has 0 bridgehead atoms. The van der Waals surface area contributed by atoms with E-state index in [2.05, 4.69) is 4.98 Å². The SMILES string of the molecule is CC1(C)CC(=O)c2cc(C(=O)N(CCCN)Cc3ccccc3)c(=O)[nH]c2C1. The third-order valence-electron chi connectivity index (χ3n) is 5.08. The Kier molecular flexibility index (Phi) is 5.79. The Bertz CT molecular complexity index is 932. The highest BCUT2D eigenvalue weighted by Gasteiger charge is 2.33. The second-order valence-electron chi connectivity index (χ2n) is 8.20. The molecule has 0 radical (unpaired) electrons. The van der Waals surface area contributed by atoms with Gasteiger partial charge in [-0.3, -0.25) is 14.4 Å². The Morgan fingerprint density at radius 2 is 1.89 bits per heavy atom. The Morgan fingerprint density at radius 1 is 1.18 bits per heavy atom. The molecular weight excluding hydrogens is 354 g/mol. The zero-order valence-corrected chi connectivity index (χ0v) is 16.5. The number of aromatic amines is 1. The molecule has 0 aliphatic heterocycles. The first kappa shape index (κ1) is 20.0. The van der Waals surface area contributed by atoms with Crippen molar-refractivity contribution < 1.29 is 9.59 Å². The number of carbonyl (C=O) groups is 2. The number of hydrogen-bond acceptors (Lipinski definition) is 4. The van der Waals surface area contributed by atoms with E-state index in [-0.39, 0.29) is 22.7 Å². The summed E-state index contributed by atoms with van der Waals surface area (Å²) in [6.07, 6.45) is 1.65. The number of ketones is 1. The van der Waals surface area contributed by atoms with Crippen LogP contribution in [-0.4, -0.2) is 34.7 Å². The molecule has 1 aromatic carbocycles. The number of amides is 1. The Labute approximate surface area is 164 Å². The first-order valence-electron chi connectivity index (χ1n) is 9.63. The van der Waals surface area contributed by atoms with Crippen molar-refractivity contribution in [1.29, 1.82) is 0 Å². The molecule has 1 aromatic heterocycles. The van der Waals surface area contributed by atoms with Crippen LogP contribution in [-0.2, 0) is 13.0 Å². The number of nitrogens with zero attached hydrogens (tertiary/aromatic N) is 1. The Balaban J connectivity index is 1.94. The maximum atomic E-state index is 13.1. The van der Waals surface area contributed by atoms with Crippen molar-refractivity contribution in [2.75, 3.05) is 13.1 Å². The summed E-state index contributed by atoms with van der Waals surface area (Å²) >= 11 is 0. The Hall–Kier alpha value is -2.73. The summed E-state index contributed by atoms with van der Waals surface area (Å²) in [5, 5.41) is 0. The summed E-state index contributed by atoms with van der Waals surface area (Å²) in [6, 6.07) is 11.1. The van der Waals surface area contributed by atoms with Gasteiger partial charge in [0, 0.05) is 30.8 Å². The van der Waals surface area contributed by atoms with Crippen LogP contribution >= 0.6 is 0 Å². The summed E-state index contributed by atoms with van der Waals surface area (Å²) in [5.74, 6) is -0.410. The molecule has 0 atom stereocenters. The molecule has 6 heteroatoms. The number of rotatable bonds is 6. The van der Waals surface area contributed by atoms with Crippen LogP contribution in [0.4, 0.5) is 0 Å². The van der Waals surface area contributed by atoms with Gasteiger partial charge in [-0.2, -0.15) is 0 Å². The van der Waals surface area contributed by atoms with E-state index in [4.69, 9.17) is 5.73 Å². The van der Waals surface area contributed by atoms with Crippen molar-refractivity contribution in [1.82, 2.24) is 9.88 Å². The molecule has 1 aliphatic carbocycles. The number of aromatic nitrogens is 1. The van der Waals surface area contributed by atoms with Gasteiger partial charge in [0.2, 0.25) is 0 Å². The van der Waals surface area contributed by atoms with Gasteiger partial charge in [0.15, 0.2) is 5.78 Å². The number of nitrogens with two attached hydrogens (primary N) is 1. The summed E-state index contributed by atoms with van der Waals surface area (Å²) < 4.78 is 0. The maximum Gasteiger partial charge on any atom is 0.261 e. The smallest absolute Gasteiger partial charge is 0.261 e. The van der Waals surface area contributed by atoms with E-state index in [1.165, 1.54) is 6.07 Å². The fraction of sp³-hybridized carbons (Fsp3) is 0.409. The molecule has 0 fully saturated rings. The van der Waals surface area contributed by atoms with Crippen LogP contribution in [0.1, 0.15) is 58.7 Å². The van der Waals surface area contributed by atoms with Crippen molar-refractivity contribution in [3.05, 3.63) is 69.1 Å². The van der Waals surface area contributed by atoms with Gasteiger partial charge in [-0.1, -0.05) is 44.2 Å². The number of pyridine rings is 1. The van der Waals surface area contributed by atoms with Crippen molar-refractivity contribution in [3.63, 3.8) is 0 Å². The highest BCUT2D eigenvalue weighted by molar-refractivity contribution is 6.02. The molecule has 2 aromatic rings. The number of Topliss-reactive ketones (excluding diaryl/α,β-unsaturated/α-hetero) is 1. The van der Waals surface area contributed by atoms with Gasteiger partial charge >= 0.3 is 0 Å².